The predicted molar refractivity (Wildman–Crippen MR) is 121 cm³/mol. The van der Waals surface area contributed by atoms with Crippen LogP contribution in [0.4, 0.5) is 0 Å². The summed E-state index contributed by atoms with van der Waals surface area (Å²) in [6.45, 7) is 17.4. The monoisotopic (exact) mass is 377 g/mol. The average molecular weight is 378 g/mol. The summed E-state index contributed by atoms with van der Waals surface area (Å²) in [5, 5.41) is 12.3. The number of benzene rings is 2. The minimum Gasteiger partial charge on any atom is -0.411 e. The second-order valence-corrected chi connectivity index (χ2v) is 10.3. The Balaban J connectivity index is 2.57. The summed E-state index contributed by atoms with van der Waals surface area (Å²) in [6, 6.07) is 17.6. The van der Waals surface area contributed by atoms with Gasteiger partial charge in [0.2, 0.25) is 0 Å². The molecule has 2 rings (SSSR count). The Bertz CT molecular complexity index is 780. The van der Waals surface area contributed by atoms with Crippen LogP contribution in [0.15, 0.2) is 59.8 Å². The molecular weight excluding hydrogens is 342 g/mol. The molecule has 0 saturated carbocycles. The summed E-state index contributed by atoms with van der Waals surface area (Å²) < 4.78 is 0. The minimum absolute atomic E-state index is 0.125. The molecule has 0 aliphatic carbocycles. The standard InChI is InChI=1S/C26H35NO/c1-24(2,3)21-13-9-19(10-14-21)23(17-26(7,8)18-27-28)20-11-15-22(16-12-20)25(4,5)6/h9-18,28H,1-8H3/b27-18+. The Kier molecular flexibility index (Phi) is 6.23. The van der Waals surface area contributed by atoms with Gasteiger partial charge in [0, 0.05) is 5.41 Å². The molecule has 2 aromatic carbocycles. The Morgan fingerprint density at radius 1 is 0.679 bits per heavy atom. The Hall–Kier alpha value is -2.35. The predicted octanol–water partition coefficient (Wildman–Crippen LogP) is 7.20. The molecular formula is C26H35NO. The number of rotatable bonds is 4. The van der Waals surface area contributed by atoms with Gasteiger partial charge in [-0.25, -0.2) is 0 Å². The molecule has 1 N–H and O–H groups in total. The second kappa shape index (κ2) is 7.95. The van der Waals surface area contributed by atoms with E-state index in [-0.39, 0.29) is 16.2 Å². The van der Waals surface area contributed by atoms with E-state index in [4.69, 9.17) is 5.21 Å². The van der Waals surface area contributed by atoms with E-state index >= 15 is 0 Å². The number of hydrogen-bond acceptors (Lipinski definition) is 2. The first-order chi connectivity index (χ1) is 12.8. The van der Waals surface area contributed by atoms with Crippen molar-refractivity contribution in [2.75, 3.05) is 0 Å². The van der Waals surface area contributed by atoms with E-state index in [0.29, 0.717) is 0 Å². The van der Waals surface area contributed by atoms with Crippen LogP contribution >= 0.6 is 0 Å². The van der Waals surface area contributed by atoms with Gasteiger partial charge in [-0.1, -0.05) is 110 Å². The maximum atomic E-state index is 9.05. The van der Waals surface area contributed by atoms with Crippen LogP contribution in [0, 0.1) is 5.41 Å². The SMILES string of the molecule is CC(C)(C=C(c1ccc(C(C)(C)C)cc1)c1ccc(C(C)(C)C)cc1)/C=N/O. The lowest BCUT2D eigenvalue weighted by Crippen LogP contribution is -2.12. The normalized spacial score (nSPS) is 13.0. The molecule has 0 saturated heterocycles. The van der Waals surface area contributed by atoms with Crippen molar-refractivity contribution in [2.24, 2.45) is 10.6 Å². The average Bonchev–Trinajstić information content (AvgIpc) is 2.58. The van der Waals surface area contributed by atoms with Gasteiger partial charge in [-0.3, -0.25) is 0 Å². The number of oxime groups is 1. The zero-order chi connectivity index (χ0) is 21.2. The number of hydrogen-bond donors (Lipinski definition) is 1. The number of nitrogens with zero attached hydrogens (tertiary/aromatic N) is 1. The molecule has 0 unspecified atom stereocenters. The van der Waals surface area contributed by atoms with Crippen molar-refractivity contribution < 1.29 is 5.21 Å². The van der Waals surface area contributed by atoms with Crippen LogP contribution in [0.3, 0.4) is 0 Å². The van der Waals surface area contributed by atoms with Crippen LogP contribution in [0.25, 0.3) is 5.57 Å². The summed E-state index contributed by atoms with van der Waals surface area (Å²) in [5.41, 5.74) is 5.98. The van der Waals surface area contributed by atoms with E-state index in [1.165, 1.54) is 11.1 Å². The van der Waals surface area contributed by atoms with Crippen LogP contribution < -0.4 is 0 Å². The zero-order valence-corrected chi connectivity index (χ0v) is 18.7. The van der Waals surface area contributed by atoms with Gasteiger partial charge in [-0.15, -0.1) is 5.16 Å². The minimum atomic E-state index is -0.366. The third kappa shape index (κ3) is 5.58. The van der Waals surface area contributed by atoms with E-state index in [2.05, 4.69) is 101 Å². The van der Waals surface area contributed by atoms with Crippen molar-refractivity contribution in [2.45, 2.75) is 66.2 Å². The molecule has 0 aliphatic heterocycles. The molecule has 0 fully saturated rings. The first kappa shape index (κ1) is 21.9. The smallest absolute Gasteiger partial charge is 0.0530 e. The molecule has 0 aliphatic rings. The van der Waals surface area contributed by atoms with E-state index in [9.17, 15) is 0 Å². The molecule has 0 aromatic heterocycles. The van der Waals surface area contributed by atoms with Crippen molar-refractivity contribution in [3.05, 3.63) is 76.9 Å². The summed E-state index contributed by atoms with van der Waals surface area (Å²) in [7, 11) is 0. The Morgan fingerprint density at radius 3 is 1.32 bits per heavy atom. The lowest BCUT2D eigenvalue weighted by molar-refractivity contribution is 0.317. The summed E-state index contributed by atoms with van der Waals surface area (Å²) in [5.74, 6) is 0. The Morgan fingerprint density at radius 2 is 1.04 bits per heavy atom. The molecule has 0 bridgehead atoms. The maximum Gasteiger partial charge on any atom is 0.0530 e. The molecule has 0 atom stereocenters. The fourth-order valence-electron chi connectivity index (χ4n) is 3.19. The highest BCUT2D eigenvalue weighted by atomic mass is 16.4. The highest BCUT2D eigenvalue weighted by Gasteiger charge is 2.19. The molecule has 0 radical (unpaired) electrons. The van der Waals surface area contributed by atoms with E-state index in [0.717, 1.165) is 16.7 Å². The van der Waals surface area contributed by atoms with Crippen molar-refractivity contribution in [3.63, 3.8) is 0 Å². The Labute approximate surface area is 171 Å². The molecule has 2 heteroatoms. The molecule has 28 heavy (non-hydrogen) atoms. The van der Waals surface area contributed by atoms with Gasteiger partial charge in [0.25, 0.3) is 0 Å². The molecule has 2 aromatic rings. The van der Waals surface area contributed by atoms with E-state index in [1.807, 2.05) is 13.8 Å². The van der Waals surface area contributed by atoms with E-state index in [1.54, 1.807) is 6.21 Å². The number of allylic oxidation sites excluding steroid dienone is 1. The van der Waals surface area contributed by atoms with Crippen molar-refractivity contribution in [1.29, 1.82) is 0 Å². The van der Waals surface area contributed by atoms with Gasteiger partial charge < -0.3 is 5.21 Å². The van der Waals surface area contributed by atoms with Crippen molar-refractivity contribution >= 4 is 11.8 Å². The zero-order valence-electron chi connectivity index (χ0n) is 18.7. The summed E-state index contributed by atoms with van der Waals surface area (Å²) in [4.78, 5) is 0. The third-order valence-corrected chi connectivity index (χ3v) is 5.03. The van der Waals surface area contributed by atoms with Crippen LogP contribution in [-0.2, 0) is 10.8 Å². The van der Waals surface area contributed by atoms with Gasteiger partial charge >= 0.3 is 0 Å². The van der Waals surface area contributed by atoms with Crippen molar-refractivity contribution in [1.82, 2.24) is 0 Å². The van der Waals surface area contributed by atoms with Crippen LogP contribution in [0.2, 0.25) is 0 Å². The van der Waals surface area contributed by atoms with Crippen LogP contribution in [0.1, 0.15) is 77.6 Å². The molecule has 150 valence electrons. The highest BCUT2D eigenvalue weighted by molar-refractivity contribution is 5.83. The fraction of sp³-hybridized carbons (Fsp3) is 0.423. The van der Waals surface area contributed by atoms with Gasteiger partial charge in [-0.05, 0) is 38.7 Å². The van der Waals surface area contributed by atoms with Gasteiger partial charge in [0.05, 0.1) is 6.21 Å². The maximum absolute atomic E-state index is 9.05. The molecule has 0 spiro atoms. The third-order valence-electron chi connectivity index (χ3n) is 5.03. The topological polar surface area (TPSA) is 32.6 Å². The van der Waals surface area contributed by atoms with E-state index < -0.39 is 0 Å². The van der Waals surface area contributed by atoms with Gasteiger partial charge in [-0.2, -0.15) is 0 Å². The second-order valence-electron chi connectivity index (χ2n) is 10.3. The van der Waals surface area contributed by atoms with Gasteiger partial charge in [0.1, 0.15) is 0 Å². The molecule has 0 amide bonds. The van der Waals surface area contributed by atoms with Crippen LogP contribution in [0.5, 0.6) is 0 Å². The molecule has 0 heterocycles. The molecule has 2 nitrogen and oxygen atoms in total. The quantitative estimate of drug-likeness (QED) is 0.341. The largest absolute Gasteiger partial charge is 0.411 e. The lowest BCUT2D eigenvalue weighted by atomic mass is 9.82. The fourth-order valence-corrected chi connectivity index (χ4v) is 3.19. The highest BCUT2D eigenvalue weighted by Crippen LogP contribution is 2.32. The van der Waals surface area contributed by atoms with Gasteiger partial charge in [0.15, 0.2) is 0 Å². The first-order valence-corrected chi connectivity index (χ1v) is 9.97. The van der Waals surface area contributed by atoms with Crippen LogP contribution in [-0.4, -0.2) is 11.4 Å². The summed E-state index contributed by atoms with van der Waals surface area (Å²) >= 11 is 0. The first-order valence-electron chi connectivity index (χ1n) is 9.97. The van der Waals surface area contributed by atoms with Crippen molar-refractivity contribution in [3.8, 4) is 0 Å². The summed E-state index contributed by atoms with van der Waals surface area (Å²) in [6.07, 6.45) is 3.74. The lowest BCUT2D eigenvalue weighted by Gasteiger charge is -2.22.